The van der Waals surface area contributed by atoms with Gasteiger partial charge in [0, 0.05) is 32.7 Å². The van der Waals surface area contributed by atoms with E-state index < -0.39 is 0 Å². The molecule has 0 aromatic heterocycles. The molecule has 0 amide bonds. The van der Waals surface area contributed by atoms with E-state index in [2.05, 4.69) is 16.0 Å². The second-order valence-corrected chi connectivity index (χ2v) is 2.99. The van der Waals surface area contributed by atoms with Crippen molar-refractivity contribution in [1.82, 2.24) is 16.0 Å². The molecule has 2 fully saturated rings. The van der Waals surface area contributed by atoms with Crippen molar-refractivity contribution in [3.8, 4) is 0 Å². The number of nitrogens with one attached hydrogen (secondary N) is 3. The van der Waals surface area contributed by atoms with E-state index >= 15 is 0 Å². The van der Waals surface area contributed by atoms with Gasteiger partial charge < -0.3 is 16.0 Å². The fourth-order valence-electron chi connectivity index (χ4n) is 1.27. The third kappa shape index (κ3) is 1.08. The zero-order valence-corrected chi connectivity index (χ0v) is 5.54. The van der Waals surface area contributed by atoms with Gasteiger partial charge in [-0.2, -0.15) is 0 Å². The highest BCUT2D eigenvalue weighted by atomic mass is 15.2. The minimum absolute atomic E-state index is 0.441. The lowest BCUT2D eigenvalue weighted by Crippen LogP contribution is -2.35. The summed E-state index contributed by atoms with van der Waals surface area (Å²) in [4.78, 5) is 0. The van der Waals surface area contributed by atoms with Crippen LogP contribution in [0.3, 0.4) is 0 Å². The molecule has 0 bridgehead atoms. The van der Waals surface area contributed by atoms with Crippen LogP contribution in [-0.4, -0.2) is 38.3 Å². The molecule has 0 atom stereocenters. The highest BCUT2D eigenvalue weighted by Gasteiger charge is 2.41. The molecule has 0 radical (unpaired) electrons. The molecule has 2 heterocycles. The van der Waals surface area contributed by atoms with E-state index in [1.165, 1.54) is 6.54 Å². The van der Waals surface area contributed by atoms with Crippen LogP contribution in [0.1, 0.15) is 0 Å². The molecule has 0 aromatic rings. The van der Waals surface area contributed by atoms with E-state index in [0.717, 1.165) is 26.2 Å². The maximum atomic E-state index is 3.38. The van der Waals surface area contributed by atoms with E-state index in [0.29, 0.717) is 5.54 Å². The van der Waals surface area contributed by atoms with Crippen LogP contribution in [0.2, 0.25) is 0 Å². The van der Waals surface area contributed by atoms with Gasteiger partial charge in [0.15, 0.2) is 0 Å². The van der Waals surface area contributed by atoms with E-state index in [1.807, 2.05) is 0 Å². The van der Waals surface area contributed by atoms with Crippen LogP contribution in [0.25, 0.3) is 0 Å². The van der Waals surface area contributed by atoms with Gasteiger partial charge in [0.2, 0.25) is 0 Å². The summed E-state index contributed by atoms with van der Waals surface area (Å²) in [6, 6.07) is 0. The third-order valence-corrected chi connectivity index (χ3v) is 2.08. The minimum Gasteiger partial charge on any atom is -0.314 e. The van der Waals surface area contributed by atoms with Gasteiger partial charge in [-0.3, -0.25) is 0 Å². The Bertz CT molecular complexity index is 98.9. The zero-order chi connectivity index (χ0) is 6.16. The molecular formula is C6H13N3. The first-order valence-corrected chi connectivity index (χ1v) is 3.58. The van der Waals surface area contributed by atoms with Gasteiger partial charge in [-0.1, -0.05) is 0 Å². The van der Waals surface area contributed by atoms with E-state index in [-0.39, 0.29) is 0 Å². The molecule has 0 aliphatic carbocycles. The quantitative estimate of drug-likeness (QED) is 0.348. The van der Waals surface area contributed by atoms with Crippen LogP contribution < -0.4 is 16.0 Å². The lowest BCUT2D eigenvalue weighted by molar-refractivity contribution is 0.579. The van der Waals surface area contributed by atoms with Crippen molar-refractivity contribution in [2.75, 3.05) is 32.7 Å². The maximum absolute atomic E-state index is 3.38. The van der Waals surface area contributed by atoms with Crippen molar-refractivity contribution in [3.05, 3.63) is 0 Å². The van der Waals surface area contributed by atoms with Crippen molar-refractivity contribution in [2.45, 2.75) is 5.54 Å². The van der Waals surface area contributed by atoms with Crippen molar-refractivity contribution in [1.29, 1.82) is 0 Å². The number of hydrogen-bond acceptors (Lipinski definition) is 3. The van der Waals surface area contributed by atoms with Crippen molar-refractivity contribution in [3.63, 3.8) is 0 Å². The molecule has 9 heavy (non-hydrogen) atoms. The Morgan fingerprint density at radius 1 is 0.889 bits per heavy atom. The Kier molecular flexibility index (Phi) is 1.22. The Balaban J connectivity index is 1.92. The molecular weight excluding hydrogens is 114 g/mol. The number of hydrogen-bond donors (Lipinski definition) is 3. The van der Waals surface area contributed by atoms with Gasteiger partial charge in [-0.15, -0.1) is 0 Å². The Labute approximate surface area is 55.2 Å². The molecule has 52 valence electrons. The standard InChI is InChI=1S/C6H13N3/c1-2-8-4-6(3-7-1)5-9-6/h7-9H,1-5H2. The van der Waals surface area contributed by atoms with E-state index in [1.54, 1.807) is 0 Å². The lowest BCUT2D eigenvalue weighted by atomic mass is 10.1. The molecule has 1 spiro atoms. The van der Waals surface area contributed by atoms with E-state index in [4.69, 9.17) is 0 Å². The first kappa shape index (κ1) is 5.65. The summed E-state index contributed by atoms with van der Waals surface area (Å²) < 4.78 is 0. The van der Waals surface area contributed by atoms with Gasteiger partial charge in [-0.25, -0.2) is 0 Å². The van der Waals surface area contributed by atoms with Gasteiger partial charge >= 0.3 is 0 Å². The second-order valence-electron chi connectivity index (χ2n) is 2.99. The molecule has 2 rings (SSSR count). The monoisotopic (exact) mass is 127 g/mol. The maximum Gasteiger partial charge on any atom is 0.0559 e. The van der Waals surface area contributed by atoms with Gasteiger partial charge in [0.1, 0.15) is 0 Å². The Morgan fingerprint density at radius 2 is 1.44 bits per heavy atom. The first-order valence-electron chi connectivity index (χ1n) is 3.58. The molecule has 3 N–H and O–H groups in total. The summed E-state index contributed by atoms with van der Waals surface area (Å²) in [5.41, 5.74) is 0.441. The molecule has 3 nitrogen and oxygen atoms in total. The van der Waals surface area contributed by atoms with Crippen LogP contribution >= 0.6 is 0 Å². The Hall–Kier alpha value is -0.120. The summed E-state index contributed by atoms with van der Waals surface area (Å²) in [6.07, 6.45) is 0. The van der Waals surface area contributed by atoms with Crippen LogP contribution in [-0.2, 0) is 0 Å². The van der Waals surface area contributed by atoms with Crippen LogP contribution in [0.5, 0.6) is 0 Å². The third-order valence-electron chi connectivity index (χ3n) is 2.08. The molecule has 0 aromatic carbocycles. The first-order chi connectivity index (χ1) is 4.41. The highest BCUT2D eigenvalue weighted by Crippen LogP contribution is 2.14. The highest BCUT2D eigenvalue weighted by molar-refractivity contribution is 5.08. The van der Waals surface area contributed by atoms with Crippen LogP contribution in [0.15, 0.2) is 0 Å². The lowest BCUT2D eigenvalue weighted by Gasteiger charge is -2.07. The summed E-state index contributed by atoms with van der Waals surface area (Å²) in [5, 5.41) is 10.1. The summed E-state index contributed by atoms with van der Waals surface area (Å²) in [5.74, 6) is 0. The smallest absolute Gasteiger partial charge is 0.0559 e. The molecule has 2 saturated heterocycles. The fourth-order valence-corrected chi connectivity index (χ4v) is 1.27. The van der Waals surface area contributed by atoms with E-state index in [9.17, 15) is 0 Å². The predicted molar refractivity (Wildman–Crippen MR) is 36.5 cm³/mol. The largest absolute Gasteiger partial charge is 0.314 e. The van der Waals surface area contributed by atoms with Gasteiger partial charge in [0.25, 0.3) is 0 Å². The SMILES string of the molecule is C1CNCC2(CN1)CN2. The number of rotatable bonds is 0. The normalized spacial score (nSPS) is 32.0. The summed E-state index contributed by atoms with van der Waals surface area (Å²) in [6.45, 7) is 5.69. The topological polar surface area (TPSA) is 46.0 Å². The van der Waals surface area contributed by atoms with Gasteiger partial charge in [-0.05, 0) is 0 Å². The van der Waals surface area contributed by atoms with Crippen molar-refractivity contribution in [2.24, 2.45) is 0 Å². The average Bonchev–Trinajstić information content (AvgIpc) is 2.64. The zero-order valence-electron chi connectivity index (χ0n) is 5.54. The van der Waals surface area contributed by atoms with Gasteiger partial charge in [0.05, 0.1) is 5.54 Å². The van der Waals surface area contributed by atoms with Crippen LogP contribution in [0.4, 0.5) is 0 Å². The molecule has 0 saturated carbocycles. The molecule has 0 unspecified atom stereocenters. The molecule has 2 aliphatic rings. The average molecular weight is 127 g/mol. The summed E-state index contributed by atoms with van der Waals surface area (Å²) >= 11 is 0. The van der Waals surface area contributed by atoms with Crippen molar-refractivity contribution >= 4 is 0 Å². The second kappa shape index (κ2) is 1.94. The molecule has 3 heteroatoms. The fraction of sp³-hybridized carbons (Fsp3) is 1.00. The van der Waals surface area contributed by atoms with Crippen LogP contribution in [0, 0.1) is 0 Å². The summed E-state index contributed by atoms with van der Waals surface area (Å²) in [7, 11) is 0. The minimum atomic E-state index is 0.441. The Morgan fingerprint density at radius 3 is 1.89 bits per heavy atom. The van der Waals surface area contributed by atoms with Crippen molar-refractivity contribution < 1.29 is 0 Å². The predicted octanol–water partition coefficient (Wildman–Crippen LogP) is -1.48. The molecule has 2 aliphatic heterocycles.